The van der Waals surface area contributed by atoms with Crippen molar-refractivity contribution in [1.29, 1.82) is 0 Å². The normalized spacial score (nSPS) is 17.3. The molecule has 1 heterocycles. The van der Waals surface area contributed by atoms with E-state index in [1.165, 1.54) is 0 Å². The van der Waals surface area contributed by atoms with Gasteiger partial charge in [0.2, 0.25) is 0 Å². The number of ether oxygens (including phenoxy) is 1. The van der Waals surface area contributed by atoms with E-state index in [-0.39, 0.29) is 5.82 Å². The van der Waals surface area contributed by atoms with Crippen LogP contribution in [0.5, 0.6) is 0 Å². The van der Waals surface area contributed by atoms with E-state index in [2.05, 4.69) is 4.90 Å². The molecule has 0 radical (unpaired) electrons. The van der Waals surface area contributed by atoms with E-state index < -0.39 is 0 Å². The highest BCUT2D eigenvalue weighted by molar-refractivity contribution is 5.24. The molecule has 2 nitrogen and oxygen atoms in total. The largest absolute Gasteiger partial charge is 0.379 e. The molecule has 0 amide bonds. The number of halogens is 1. The van der Waals surface area contributed by atoms with Crippen LogP contribution >= 0.6 is 0 Å². The lowest BCUT2D eigenvalue weighted by Gasteiger charge is -2.26. The maximum atomic E-state index is 13.5. The molecule has 0 saturated carbocycles. The third kappa shape index (κ3) is 3.79. The van der Waals surface area contributed by atoms with E-state index in [9.17, 15) is 4.39 Å². The van der Waals surface area contributed by atoms with Gasteiger partial charge in [-0.3, -0.25) is 4.90 Å². The first-order chi connectivity index (χ1) is 8.25. The molecule has 0 aromatic heterocycles. The summed E-state index contributed by atoms with van der Waals surface area (Å²) in [7, 11) is 0. The molecule has 1 saturated heterocycles. The van der Waals surface area contributed by atoms with Gasteiger partial charge < -0.3 is 4.74 Å². The first-order valence-electron chi connectivity index (χ1n) is 6.31. The molecule has 0 bridgehead atoms. The SMILES string of the molecule is Cc1ccc(F)c(CCCN2CCOCC2)c1. The van der Waals surface area contributed by atoms with Gasteiger partial charge in [-0.15, -0.1) is 0 Å². The minimum absolute atomic E-state index is 0.0717. The van der Waals surface area contributed by atoms with Gasteiger partial charge in [-0.1, -0.05) is 17.7 Å². The zero-order valence-corrected chi connectivity index (χ0v) is 10.4. The van der Waals surface area contributed by atoms with Gasteiger partial charge in [0.05, 0.1) is 13.2 Å². The molecule has 1 aliphatic heterocycles. The van der Waals surface area contributed by atoms with Crippen LogP contribution in [-0.2, 0) is 11.2 Å². The average molecular weight is 237 g/mol. The van der Waals surface area contributed by atoms with Crippen LogP contribution in [0.3, 0.4) is 0 Å². The first-order valence-corrected chi connectivity index (χ1v) is 6.31. The Balaban J connectivity index is 1.79. The second-order valence-corrected chi connectivity index (χ2v) is 4.65. The molecule has 0 atom stereocenters. The zero-order chi connectivity index (χ0) is 12.1. The summed E-state index contributed by atoms with van der Waals surface area (Å²) in [5, 5.41) is 0. The molecular formula is C14H20FNO. The fraction of sp³-hybridized carbons (Fsp3) is 0.571. The Kier molecular flexibility index (Phi) is 4.51. The number of hydrogen-bond donors (Lipinski definition) is 0. The molecule has 1 aliphatic rings. The molecule has 1 aromatic rings. The Hall–Kier alpha value is -0.930. The summed E-state index contributed by atoms with van der Waals surface area (Å²) in [6, 6.07) is 5.34. The molecule has 2 rings (SSSR count). The van der Waals surface area contributed by atoms with Gasteiger partial charge in [0, 0.05) is 13.1 Å². The van der Waals surface area contributed by atoms with Crippen molar-refractivity contribution in [2.45, 2.75) is 19.8 Å². The molecule has 1 fully saturated rings. The highest BCUT2D eigenvalue weighted by Gasteiger charge is 2.10. The van der Waals surface area contributed by atoms with E-state index in [0.717, 1.165) is 56.8 Å². The van der Waals surface area contributed by atoms with Crippen molar-refractivity contribution in [3.05, 3.63) is 35.1 Å². The number of rotatable bonds is 4. The molecule has 0 aliphatic carbocycles. The van der Waals surface area contributed by atoms with Crippen molar-refractivity contribution in [2.75, 3.05) is 32.8 Å². The molecular weight excluding hydrogens is 217 g/mol. The maximum absolute atomic E-state index is 13.5. The van der Waals surface area contributed by atoms with Crippen LogP contribution in [0.15, 0.2) is 18.2 Å². The predicted molar refractivity (Wildman–Crippen MR) is 66.7 cm³/mol. The van der Waals surface area contributed by atoms with Crippen molar-refractivity contribution in [1.82, 2.24) is 4.90 Å². The fourth-order valence-electron chi connectivity index (χ4n) is 2.21. The summed E-state index contributed by atoms with van der Waals surface area (Å²) in [5.41, 5.74) is 1.98. The standard InChI is InChI=1S/C14H20FNO/c1-12-4-5-14(15)13(11-12)3-2-6-16-7-9-17-10-8-16/h4-5,11H,2-3,6-10H2,1H3. The highest BCUT2D eigenvalue weighted by atomic mass is 19.1. The van der Waals surface area contributed by atoms with Gasteiger partial charge in [-0.25, -0.2) is 4.39 Å². The van der Waals surface area contributed by atoms with Crippen LogP contribution in [0.2, 0.25) is 0 Å². The van der Waals surface area contributed by atoms with E-state index in [4.69, 9.17) is 4.74 Å². The van der Waals surface area contributed by atoms with Crippen molar-refractivity contribution >= 4 is 0 Å². The van der Waals surface area contributed by atoms with Crippen LogP contribution in [-0.4, -0.2) is 37.7 Å². The van der Waals surface area contributed by atoms with E-state index in [1.54, 1.807) is 6.07 Å². The number of aryl methyl sites for hydroxylation is 2. The third-order valence-corrected chi connectivity index (χ3v) is 3.23. The Labute approximate surface area is 102 Å². The van der Waals surface area contributed by atoms with Gasteiger partial charge in [0.15, 0.2) is 0 Å². The summed E-state index contributed by atoms with van der Waals surface area (Å²) in [6.45, 7) is 6.73. The number of nitrogens with zero attached hydrogens (tertiary/aromatic N) is 1. The quantitative estimate of drug-likeness (QED) is 0.797. The molecule has 0 unspecified atom stereocenters. The van der Waals surface area contributed by atoms with Crippen molar-refractivity contribution < 1.29 is 9.13 Å². The van der Waals surface area contributed by atoms with Gasteiger partial charge in [0.25, 0.3) is 0 Å². The Bertz CT molecular complexity index is 361. The minimum atomic E-state index is -0.0717. The lowest BCUT2D eigenvalue weighted by Crippen LogP contribution is -2.36. The van der Waals surface area contributed by atoms with Crippen LogP contribution < -0.4 is 0 Å². The molecule has 3 heteroatoms. The Morgan fingerprint density at radius 3 is 2.82 bits per heavy atom. The molecule has 1 aromatic carbocycles. The highest BCUT2D eigenvalue weighted by Crippen LogP contribution is 2.12. The van der Waals surface area contributed by atoms with Gasteiger partial charge >= 0.3 is 0 Å². The molecule has 17 heavy (non-hydrogen) atoms. The summed E-state index contributed by atoms with van der Waals surface area (Å²) in [4.78, 5) is 2.39. The lowest BCUT2D eigenvalue weighted by atomic mass is 10.1. The topological polar surface area (TPSA) is 12.5 Å². The van der Waals surface area contributed by atoms with Gasteiger partial charge in [-0.05, 0) is 37.9 Å². The molecule has 94 valence electrons. The van der Waals surface area contributed by atoms with Crippen LogP contribution in [0.25, 0.3) is 0 Å². The van der Waals surface area contributed by atoms with Gasteiger partial charge in [-0.2, -0.15) is 0 Å². The average Bonchev–Trinajstić information content (AvgIpc) is 2.35. The smallest absolute Gasteiger partial charge is 0.126 e. The van der Waals surface area contributed by atoms with Gasteiger partial charge in [0.1, 0.15) is 5.82 Å². The number of benzene rings is 1. The second kappa shape index (κ2) is 6.12. The van der Waals surface area contributed by atoms with E-state index in [1.807, 2.05) is 19.1 Å². The fourth-order valence-corrected chi connectivity index (χ4v) is 2.21. The lowest BCUT2D eigenvalue weighted by molar-refractivity contribution is 0.0374. The summed E-state index contributed by atoms with van der Waals surface area (Å²) in [6.07, 6.45) is 1.84. The summed E-state index contributed by atoms with van der Waals surface area (Å²) >= 11 is 0. The molecule has 0 spiro atoms. The maximum Gasteiger partial charge on any atom is 0.126 e. The van der Waals surface area contributed by atoms with E-state index in [0.29, 0.717) is 0 Å². The second-order valence-electron chi connectivity index (χ2n) is 4.65. The Morgan fingerprint density at radius 2 is 2.06 bits per heavy atom. The van der Waals surface area contributed by atoms with Crippen molar-refractivity contribution in [3.8, 4) is 0 Å². The third-order valence-electron chi connectivity index (χ3n) is 3.23. The number of morpholine rings is 1. The van der Waals surface area contributed by atoms with Crippen LogP contribution in [0, 0.1) is 12.7 Å². The van der Waals surface area contributed by atoms with Crippen LogP contribution in [0.1, 0.15) is 17.5 Å². The monoisotopic (exact) mass is 237 g/mol. The van der Waals surface area contributed by atoms with Crippen molar-refractivity contribution in [3.63, 3.8) is 0 Å². The Morgan fingerprint density at radius 1 is 1.29 bits per heavy atom. The summed E-state index contributed by atoms with van der Waals surface area (Å²) < 4.78 is 18.8. The minimum Gasteiger partial charge on any atom is -0.379 e. The zero-order valence-electron chi connectivity index (χ0n) is 10.4. The van der Waals surface area contributed by atoms with E-state index >= 15 is 0 Å². The number of hydrogen-bond acceptors (Lipinski definition) is 2. The summed E-state index contributed by atoms with van der Waals surface area (Å²) in [5.74, 6) is -0.0717. The van der Waals surface area contributed by atoms with Crippen LogP contribution in [0.4, 0.5) is 4.39 Å². The van der Waals surface area contributed by atoms with Crippen molar-refractivity contribution in [2.24, 2.45) is 0 Å². The predicted octanol–water partition coefficient (Wildman–Crippen LogP) is 2.40. The first kappa shape index (κ1) is 12.5. The molecule has 0 N–H and O–H groups in total.